The van der Waals surface area contributed by atoms with Gasteiger partial charge in [0.05, 0.1) is 5.39 Å². The van der Waals surface area contributed by atoms with Crippen molar-refractivity contribution in [1.82, 2.24) is 9.55 Å². The molecule has 0 saturated heterocycles. The Labute approximate surface area is 173 Å². The number of carbonyl (C=O) groups excluding carboxylic acids is 1. The molecule has 28 heavy (non-hydrogen) atoms. The van der Waals surface area contributed by atoms with E-state index in [4.69, 9.17) is 4.98 Å². The second-order valence-corrected chi connectivity index (χ2v) is 10.5. The van der Waals surface area contributed by atoms with Gasteiger partial charge in [-0.1, -0.05) is 25.7 Å². The van der Waals surface area contributed by atoms with E-state index < -0.39 is 0 Å². The number of rotatable bonds is 3. The molecule has 0 bridgehead atoms. The van der Waals surface area contributed by atoms with Gasteiger partial charge in [0.15, 0.2) is 0 Å². The molecule has 3 aliphatic rings. The number of hydrogen-bond donors (Lipinski definition) is 0. The van der Waals surface area contributed by atoms with Crippen LogP contribution in [0.4, 0.5) is 0 Å². The van der Waals surface area contributed by atoms with E-state index in [0.717, 1.165) is 81.9 Å². The number of aromatic nitrogens is 2. The Balaban J connectivity index is 1.63. The number of thiophene rings is 1. The largest absolute Gasteiger partial charge is 0.298 e. The molecule has 6 heteroatoms. The third kappa shape index (κ3) is 3.18. The monoisotopic (exact) mass is 414 g/mol. The molecule has 1 fully saturated rings. The molecule has 3 heterocycles. The van der Waals surface area contributed by atoms with Crippen LogP contribution >= 0.6 is 23.1 Å². The summed E-state index contributed by atoms with van der Waals surface area (Å²) in [6.07, 6.45) is 13.2. The van der Waals surface area contributed by atoms with Gasteiger partial charge in [0.1, 0.15) is 16.9 Å². The first-order chi connectivity index (χ1) is 13.8. The molecule has 0 atom stereocenters. The van der Waals surface area contributed by atoms with Gasteiger partial charge in [0, 0.05) is 33.6 Å². The molecule has 0 N–H and O–H groups in total. The number of allylic oxidation sites excluding steroid dienone is 1. The molecule has 1 saturated carbocycles. The normalized spacial score (nSPS) is 20.7. The Morgan fingerprint density at radius 2 is 1.86 bits per heavy atom. The minimum absolute atomic E-state index is 0.149. The van der Waals surface area contributed by atoms with Gasteiger partial charge < -0.3 is 0 Å². The van der Waals surface area contributed by atoms with E-state index in [2.05, 4.69) is 0 Å². The molecule has 0 aromatic carbocycles. The molecule has 0 radical (unpaired) electrons. The summed E-state index contributed by atoms with van der Waals surface area (Å²) in [5.74, 6) is 0.953. The Hall–Kier alpha value is -1.40. The molecule has 0 unspecified atom stereocenters. The Morgan fingerprint density at radius 3 is 2.68 bits per heavy atom. The summed E-state index contributed by atoms with van der Waals surface area (Å²) in [5, 5.41) is 1.43. The number of carbonyl (C=O) groups is 1. The van der Waals surface area contributed by atoms with E-state index in [1.165, 1.54) is 38.5 Å². The van der Waals surface area contributed by atoms with Crippen molar-refractivity contribution in [1.29, 1.82) is 0 Å². The zero-order valence-electron chi connectivity index (χ0n) is 16.2. The fourth-order valence-electron chi connectivity index (χ4n) is 4.86. The topological polar surface area (TPSA) is 52.0 Å². The zero-order chi connectivity index (χ0) is 19.1. The molecule has 1 aliphatic heterocycles. The van der Waals surface area contributed by atoms with E-state index >= 15 is 0 Å². The predicted octanol–water partition coefficient (Wildman–Crippen LogP) is 5.11. The van der Waals surface area contributed by atoms with Crippen LogP contribution in [0.1, 0.15) is 74.1 Å². The average Bonchev–Trinajstić information content (AvgIpc) is 2.92. The molecular weight excluding hydrogens is 388 g/mol. The third-order valence-corrected chi connectivity index (χ3v) is 9.17. The highest BCUT2D eigenvalue weighted by Crippen LogP contribution is 2.48. The number of aryl methyl sites for hydroxylation is 2. The maximum Gasteiger partial charge on any atom is 0.262 e. The average molecular weight is 415 g/mol. The van der Waals surface area contributed by atoms with Crippen molar-refractivity contribution < 1.29 is 4.79 Å². The van der Waals surface area contributed by atoms with Crippen LogP contribution in [0, 0.1) is 0 Å². The van der Waals surface area contributed by atoms with E-state index in [1.54, 1.807) is 11.3 Å². The lowest BCUT2D eigenvalue weighted by atomic mass is 9.97. The van der Waals surface area contributed by atoms with E-state index in [0.29, 0.717) is 5.25 Å². The highest BCUT2D eigenvalue weighted by atomic mass is 32.2. The van der Waals surface area contributed by atoms with Crippen LogP contribution in [0.2, 0.25) is 0 Å². The van der Waals surface area contributed by atoms with Crippen LogP contribution in [-0.4, -0.2) is 21.1 Å². The lowest BCUT2D eigenvalue weighted by Crippen LogP contribution is -2.24. The number of thioether (sulfide) groups is 1. The van der Waals surface area contributed by atoms with Gasteiger partial charge >= 0.3 is 0 Å². The number of aldehydes is 1. The Kier molecular flexibility index (Phi) is 5.18. The van der Waals surface area contributed by atoms with Crippen molar-refractivity contribution >= 4 is 44.5 Å². The predicted molar refractivity (Wildman–Crippen MR) is 117 cm³/mol. The maximum atomic E-state index is 13.3. The number of nitrogens with zero attached hydrogens (tertiary/aromatic N) is 2. The summed E-state index contributed by atoms with van der Waals surface area (Å²) in [6, 6.07) is 0. The Morgan fingerprint density at radius 1 is 1.04 bits per heavy atom. The van der Waals surface area contributed by atoms with Gasteiger partial charge in [-0.2, -0.15) is 0 Å². The summed E-state index contributed by atoms with van der Waals surface area (Å²) in [7, 11) is 0. The second kappa shape index (κ2) is 7.79. The van der Waals surface area contributed by atoms with Crippen molar-refractivity contribution in [2.24, 2.45) is 0 Å². The van der Waals surface area contributed by atoms with Crippen LogP contribution in [-0.2, 0) is 24.2 Å². The van der Waals surface area contributed by atoms with Crippen LogP contribution in [0.15, 0.2) is 10.4 Å². The SMILES string of the molecule is O=CC1=C(SC2CCCCC2)c2sc3nc4n(c(=O)c3c2CC1)CCCCC4. The first kappa shape index (κ1) is 18.6. The lowest BCUT2D eigenvalue weighted by molar-refractivity contribution is -0.105. The zero-order valence-corrected chi connectivity index (χ0v) is 17.8. The van der Waals surface area contributed by atoms with Crippen molar-refractivity contribution in [2.45, 2.75) is 82.4 Å². The first-order valence-corrected chi connectivity index (χ1v) is 12.4. The summed E-state index contributed by atoms with van der Waals surface area (Å²) < 4.78 is 1.93. The molecule has 0 amide bonds. The first-order valence-electron chi connectivity index (χ1n) is 10.7. The standard InChI is InChI=1S/C22H26N2O2S2/c25-13-14-10-11-16-18-21(23-17-9-5-2-6-12-24(17)22(18)26)28-20(16)19(14)27-15-7-3-1-4-8-15/h13,15H,1-12H2. The summed E-state index contributed by atoms with van der Waals surface area (Å²) in [5.41, 5.74) is 2.23. The molecule has 148 valence electrons. The van der Waals surface area contributed by atoms with Crippen molar-refractivity contribution in [2.75, 3.05) is 0 Å². The molecule has 5 rings (SSSR count). The highest BCUT2D eigenvalue weighted by Gasteiger charge is 2.29. The van der Waals surface area contributed by atoms with E-state index in [1.807, 2.05) is 16.3 Å². The molecule has 2 aliphatic carbocycles. The van der Waals surface area contributed by atoms with Gasteiger partial charge in [-0.15, -0.1) is 23.1 Å². The quantitative estimate of drug-likeness (QED) is 0.655. The van der Waals surface area contributed by atoms with Crippen molar-refractivity contribution in [3.63, 3.8) is 0 Å². The van der Waals surface area contributed by atoms with E-state index in [-0.39, 0.29) is 5.56 Å². The summed E-state index contributed by atoms with van der Waals surface area (Å²) >= 11 is 3.54. The van der Waals surface area contributed by atoms with Gasteiger partial charge in [0.25, 0.3) is 5.56 Å². The van der Waals surface area contributed by atoms with Gasteiger partial charge in [0.2, 0.25) is 0 Å². The molecule has 4 nitrogen and oxygen atoms in total. The lowest BCUT2D eigenvalue weighted by Gasteiger charge is -2.25. The molecule has 2 aromatic rings. The van der Waals surface area contributed by atoms with Crippen LogP contribution in [0.25, 0.3) is 15.1 Å². The van der Waals surface area contributed by atoms with Gasteiger partial charge in [-0.25, -0.2) is 4.98 Å². The number of hydrogen-bond acceptors (Lipinski definition) is 5. The van der Waals surface area contributed by atoms with Crippen molar-refractivity contribution in [3.05, 3.63) is 32.2 Å². The smallest absolute Gasteiger partial charge is 0.262 e. The molecular formula is C22H26N2O2S2. The summed E-state index contributed by atoms with van der Waals surface area (Å²) in [6.45, 7) is 0.792. The van der Waals surface area contributed by atoms with Crippen molar-refractivity contribution in [3.8, 4) is 0 Å². The fraction of sp³-hybridized carbons (Fsp3) is 0.591. The van der Waals surface area contributed by atoms with Crippen LogP contribution < -0.4 is 5.56 Å². The van der Waals surface area contributed by atoms with Gasteiger partial charge in [-0.3, -0.25) is 14.2 Å². The summed E-state index contributed by atoms with van der Waals surface area (Å²) in [4.78, 5) is 33.3. The Bertz CT molecular complexity index is 1010. The third-order valence-electron chi connectivity index (χ3n) is 6.39. The van der Waals surface area contributed by atoms with E-state index in [9.17, 15) is 9.59 Å². The minimum Gasteiger partial charge on any atom is -0.298 e. The number of fused-ring (bicyclic) bond motifs is 4. The minimum atomic E-state index is 0.149. The highest BCUT2D eigenvalue weighted by molar-refractivity contribution is 8.09. The van der Waals surface area contributed by atoms with Gasteiger partial charge in [-0.05, 0) is 44.1 Å². The van der Waals surface area contributed by atoms with Crippen LogP contribution in [0.5, 0.6) is 0 Å². The maximum absolute atomic E-state index is 13.3. The molecule has 2 aromatic heterocycles. The fourth-order valence-corrected chi connectivity index (χ4v) is 7.78. The second-order valence-electron chi connectivity index (χ2n) is 8.24. The molecule has 0 spiro atoms. The van der Waals surface area contributed by atoms with Crippen LogP contribution in [0.3, 0.4) is 0 Å².